The lowest BCUT2D eigenvalue weighted by molar-refractivity contribution is 0.101. The summed E-state index contributed by atoms with van der Waals surface area (Å²) in [6.07, 6.45) is 1.63. The van der Waals surface area contributed by atoms with E-state index < -0.39 is 0 Å². The number of thiazole rings is 1. The third-order valence-corrected chi connectivity index (χ3v) is 4.67. The number of hydrogen-bond acceptors (Lipinski definition) is 4. The fourth-order valence-corrected chi connectivity index (χ4v) is 3.54. The number of carbonyl (C=O) groups is 1. The molecule has 3 rings (SSSR count). The molecule has 5 nitrogen and oxygen atoms in total. The number of rotatable bonds is 3. The van der Waals surface area contributed by atoms with Crippen LogP contribution in [-0.2, 0) is 6.54 Å². The van der Waals surface area contributed by atoms with Crippen LogP contribution in [0, 0.1) is 6.92 Å². The monoisotopic (exact) mass is 364 g/mol. The largest absolute Gasteiger partial charge is 0.296 e. The van der Waals surface area contributed by atoms with Gasteiger partial charge in [0.25, 0.3) is 5.91 Å². The van der Waals surface area contributed by atoms with Crippen molar-refractivity contribution in [2.75, 3.05) is 5.32 Å². The van der Waals surface area contributed by atoms with Crippen molar-refractivity contribution in [3.05, 3.63) is 40.1 Å². The van der Waals surface area contributed by atoms with Crippen molar-refractivity contribution in [1.29, 1.82) is 0 Å². The number of fused-ring (bicyclic) bond motifs is 1. The second-order valence-corrected chi connectivity index (χ2v) is 6.44. The van der Waals surface area contributed by atoms with Gasteiger partial charge in [-0.2, -0.15) is 5.10 Å². The summed E-state index contributed by atoms with van der Waals surface area (Å²) in [5, 5.41) is 7.60. The highest BCUT2D eigenvalue weighted by molar-refractivity contribution is 9.10. The van der Waals surface area contributed by atoms with Gasteiger partial charge in [0.15, 0.2) is 5.13 Å². The Hall–Kier alpha value is -1.73. The van der Waals surface area contributed by atoms with Crippen molar-refractivity contribution in [2.24, 2.45) is 0 Å². The smallest absolute Gasteiger partial charge is 0.276 e. The molecule has 108 valence electrons. The Balaban J connectivity index is 1.93. The SMILES string of the molecule is CCn1ncc(Br)c1C(=O)Nc1nc2c(C)cccc2s1. The first kappa shape index (κ1) is 14.2. The van der Waals surface area contributed by atoms with Crippen LogP contribution in [0.25, 0.3) is 10.2 Å². The van der Waals surface area contributed by atoms with Crippen LogP contribution in [0.3, 0.4) is 0 Å². The van der Waals surface area contributed by atoms with E-state index >= 15 is 0 Å². The van der Waals surface area contributed by atoms with Gasteiger partial charge < -0.3 is 0 Å². The summed E-state index contributed by atoms with van der Waals surface area (Å²) < 4.78 is 3.39. The highest BCUT2D eigenvalue weighted by atomic mass is 79.9. The molecular formula is C14H13BrN4OS. The van der Waals surface area contributed by atoms with Gasteiger partial charge in [-0.15, -0.1) is 0 Å². The van der Waals surface area contributed by atoms with Crippen molar-refractivity contribution in [1.82, 2.24) is 14.8 Å². The molecule has 0 aliphatic carbocycles. The zero-order valence-corrected chi connectivity index (χ0v) is 14.0. The summed E-state index contributed by atoms with van der Waals surface area (Å²) in [5.74, 6) is -0.210. The highest BCUT2D eigenvalue weighted by Gasteiger charge is 2.18. The Morgan fingerprint density at radius 3 is 3.00 bits per heavy atom. The van der Waals surface area contributed by atoms with E-state index in [2.05, 4.69) is 31.3 Å². The molecule has 0 saturated carbocycles. The molecule has 0 aliphatic rings. The van der Waals surface area contributed by atoms with Gasteiger partial charge in [0.05, 0.1) is 20.9 Å². The van der Waals surface area contributed by atoms with Crippen molar-refractivity contribution in [2.45, 2.75) is 20.4 Å². The topological polar surface area (TPSA) is 59.8 Å². The lowest BCUT2D eigenvalue weighted by Crippen LogP contribution is -2.17. The van der Waals surface area contributed by atoms with Crippen LogP contribution in [0.5, 0.6) is 0 Å². The molecule has 2 heterocycles. The molecule has 1 amide bonds. The van der Waals surface area contributed by atoms with Crippen LogP contribution in [0.4, 0.5) is 5.13 Å². The molecule has 0 spiro atoms. The van der Waals surface area contributed by atoms with Crippen LogP contribution in [-0.4, -0.2) is 20.7 Å². The lowest BCUT2D eigenvalue weighted by Gasteiger charge is -2.04. The number of benzene rings is 1. The molecule has 0 saturated heterocycles. The zero-order chi connectivity index (χ0) is 15.0. The van der Waals surface area contributed by atoms with Crippen molar-refractivity contribution in [3.63, 3.8) is 0 Å². The minimum absolute atomic E-state index is 0.210. The first-order chi connectivity index (χ1) is 10.1. The maximum atomic E-state index is 12.4. The number of halogens is 1. The van der Waals surface area contributed by atoms with Crippen LogP contribution < -0.4 is 5.32 Å². The lowest BCUT2D eigenvalue weighted by atomic mass is 10.2. The number of para-hydroxylation sites is 1. The zero-order valence-electron chi connectivity index (χ0n) is 11.6. The van der Waals surface area contributed by atoms with E-state index in [1.165, 1.54) is 11.3 Å². The van der Waals surface area contributed by atoms with Crippen LogP contribution in [0.1, 0.15) is 23.0 Å². The van der Waals surface area contributed by atoms with Gasteiger partial charge in [-0.1, -0.05) is 23.5 Å². The van der Waals surface area contributed by atoms with E-state index in [9.17, 15) is 4.79 Å². The number of hydrogen-bond donors (Lipinski definition) is 1. The Bertz CT molecular complexity index is 824. The number of anilines is 1. The van der Waals surface area contributed by atoms with Gasteiger partial charge in [0.2, 0.25) is 0 Å². The van der Waals surface area contributed by atoms with E-state index in [0.717, 1.165) is 15.8 Å². The predicted molar refractivity (Wildman–Crippen MR) is 87.9 cm³/mol. The third kappa shape index (κ3) is 2.58. The first-order valence-corrected chi connectivity index (χ1v) is 8.10. The molecular weight excluding hydrogens is 352 g/mol. The predicted octanol–water partition coefficient (Wildman–Crippen LogP) is 3.84. The molecule has 1 aromatic carbocycles. The number of nitrogens with one attached hydrogen (secondary N) is 1. The Morgan fingerprint density at radius 2 is 2.29 bits per heavy atom. The second kappa shape index (κ2) is 5.57. The number of carbonyl (C=O) groups excluding carboxylic acids is 1. The van der Waals surface area contributed by atoms with Gasteiger partial charge >= 0.3 is 0 Å². The molecule has 0 atom stereocenters. The van der Waals surface area contributed by atoms with Gasteiger partial charge in [-0.25, -0.2) is 4.98 Å². The molecule has 3 aromatic rings. The highest BCUT2D eigenvalue weighted by Crippen LogP contribution is 2.28. The quantitative estimate of drug-likeness (QED) is 0.767. The summed E-state index contributed by atoms with van der Waals surface area (Å²) >= 11 is 4.83. The Kier molecular flexibility index (Phi) is 3.77. The molecule has 1 N–H and O–H groups in total. The molecule has 0 radical (unpaired) electrons. The van der Waals surface area contributed by atoms with Crippen molar-refractivity contribution in [3.8, 4) is 0 Å². The number of aromatic nitrogens is 3. The van der Waals surface area contributed by atoms with Gasteiger partial charge in [0, 0.05) is 6.54 Å². The fraction of sp³-hybridized carbons (Fsp3) is 0.214. The van der Waals surface area contributed by atoms with E-state index in [0.29, 0.717) is 21.8 Å². The first-order valence-electron chi connectivity index (χ1n) is 6.49. The molecule has 21 heavy (non-hydrogen) atoms. The molecule has 0 unspecified atom stereocenters. The number of nitrogens with zero attached hydrogens (tertiary/aromatic N) is 3. The standard InChI is InChI=1S/C14H13BrN4OS/c1-3-19-12(9(15)7-16-19)13(20)18-14-17-11-8(2)5-4-6-10(11)21-14/h4-7H,3H2,1-2H3,(H,17,18,20). The van der Waals surface area contributed by atoms with E-state index in [1.54, 1.807) is 10.9 Å². The minimum Gasteiger partial charge on any atom is -0.296 e. The number of amides is 1. The van der Waals surface area contributed by atoms with Crippen molar-refractivity contribution < 1.29 is 4.79 Å². The van der Waals surface area contributed by atoms with Crippen LogP contribution in [0.15, 0.2) is 28.9 Å². The van der Waals surface area contributed by atoms with Gasteiger partial charge in [0.1, 0.15) is 5.69 Å². The second-order valence-electron chi connectivity index (χ2n) is 4.55. The van der Waals surface area contributed by atoms with Crippen molar-refractivity contribution >= 4 is 48.5 Å². The summed E-state index contributed by atoms with van der Waals surface area (Å²) in [6.45, 7) is 4.58. The summed E-state index contributed by atoms with van der Waals surface area (Å²) in [7, 11) is 0. The summed E-state index contributed by atoms with van der Waals surface area (Å²) in [6, 6.07) is 6.00. The average Bonchev–Trinajstić information content (AvgIpc) is 3.02. The van der Waals surface area contributed by atoms with Crippen LogP contribution in [0.2, 0.25) is 0 Å². The Labute approximate surface area is 134 Å². The summed E-state index contributed by atoms with van der Waals surface area (Å²) in [5.41, 5.74) is 2.54. The Morgan fingerprint density at radius 1 is 1.48 bits per heavy atom. The van der Waals surface area contributed by atoms with E-state index in [-0.39, 0.29) is 5.91 Å². The fourth-order valence-electron chi connectivity index (χ4n) is 2.12. The normalized spacial score (nSPS) is 11.0. The molecule has 0 aliphatic heterocycles. The van der Waals surface area contributed by atoms with Gasteiger partial charge in [-0.3, -0.25) is 14.8 Å². The number of aryl methyl sites for hydroxylation is 2. The maximum absolute atomic E-state index is 12.4. The van der Waals surface area contributed by atoms with E-state index in [1.807, 2.05) is 32.0 Å². The molecule has 7 heteroatoms. The minimum atomic E-state index is -0.210. The average molecular weight is 365 g/mol. The van der Waals surface area contributed by atoms with Crippen LogP contribution >= 0.6 is 27.3 Å². The maximum Gasteiger partial charge on any atom is 0.276 e. The van der Waals surface area contributed by atoms with E-state index in [4.69, 9.17) is 0 Å². The molecule has 0 bridgehead atoms. The third-order valence-electron chi connectivity index (χ3n) is 3.15. The molecule has 0 fully saturated rings. The molecule has 2 aromatic heterocycles. The summed E-state index contributed by atoms with van der Waals surface area (Å²) in [4.78, 5) is 16.9. The van der Waals surface area contributed by atoms with Gasteiger partial charge in [-0.05, 0) is 41.4 Å².